The Hall–Kier alpha value is -1.70. The van der Waals surface area contributed by atoms with E-state index in [0.717, 1.165) is 28.8 Å². The van der Waals surface area contributed by atoms with Crippen molar-refractivity contribution in [2.75, 3.05) is 19.0 Å². The summed E-state index contributed by atoms with van der Waals surface area (Å²) < 4.78 is 14.2. The molecule has 1 aromatic heterocycles. The van der Waals surface area contributed by atoms with Gasteiger partial charge in [0.05, 0.1) is 18.3 Å². The zero-order valence-electron chi connectivity index (χ0n) is 13.9. The van der Waals surface area contributed by atoms with E-state index in [-0.39, 0.29) is 0 Å². The number of ether oxygens (including phenoxy) is 1. The molecule has 0 aliphatic rings. The summed E-state index contributed by atoms with van der Waals surface area (Å²) in [6.07, 6.45) is 2.76. The Bertz CT molecular complexity index is 711. The van der Waals surface area contributed by atoms with E-state index in [9.17, 15) is 0 Å². The minimum absolute atomic E-state index is 0.308. The maximum absolute atomic E-state index is 8.88. The average molecular weight is 357 g/mol. The van der Waals surface area contributed by atoms with Crippen molar-refractivity contribution in [3.63, 3.8) is 0 Å². The summed E-state index contributed by atoms with van der Waals surface area (Å²) >= 11 is 0. The molecule has 6 N–H and O–H groups in total. The third-order valence-corrected chi connectivity index (χ3v) is 3.27. The van der Waals surface area contributed by atoms with Gasteiger partial charge in [-0.15, -0.1) is 0 Å². The van der Waals surface area contributed by atoms with E-state index in [2.05, 4.69) is 24.1 Å². The van der Waals surface area contributed by atoms with Crippen molar-refractivity contribution >= 4 is 24.4 Å². The molecule has 1 atom stereocenters. The van der Waals surface area contributed by atoms with Crippen molar-refractivity contribution in [1.29, 1.82) is 0 Å². The maximum atomic E-state index is 8.88. The first-order valence-corrected chi connectivity index (χ1v) is 8.90. The number of phosphoric acid groups is 1. The van der Waals surface area contributed by atoms with Gasteiger partial charge in [-0.25, -0.2) is 4.57 Å². The van der Waals surface area contributed by atoms with E-state index in [1.807, 2.05) is 24.4 Å². The lowest BCUT2D eigenvalue weighted by molar-refractivity contribution is 0.275. The largest absolute Gasteiger partial charge is 0.497 e. The molecule has 0 amide bonds. The number of hydrogen-bond acceptors (Lipinski definition) is 5. The molecule has 0 spiro atoms. The van der Waals surface area contributed by atoms with E-state index >= 15 is 0 Å². The summed E-state index contributed by atoms with van der Waals surface area (Å²) in [5.41, 5.74) is 8.76. The van der Waals surface area contributed by atoms with Crippen LogP contribution in [0.1, 0.15) is 18.9 Å². The number of methoxy groups -OCH3 is 1. The van der Waals surface area contributed by atoms with Crippen LogP contribution in [0.25, 0.3) is 10.9 Å². The fourth-order valence-electron chi connectivity index (χ4n) is 2.18. The molecule has 1 heterocycles. The smallest absolute Gasteiger partial charge is 0.466 e. The molecule has 2 aromatic rings. The average Bonchev–Trinajstić information content (AvgIpc) is 2.46. The quantitative estimate of drug-likeness (QED) is 0.511. The molecule has 0 fully saturated rings. The highest BCUT2D eigenvalue weighted by atomic mass is 31.2. The van der Waals surface area contributed by atoms with Crippen molar-refractivity contribution in [1.82, 2.24) is 4.98 Å². The number of nitrogens with two attached hydrogens (primary N) is 1. The molecule has 134 valence electrons. The Morgan fingerprint density at radius 1 is 1.38 bits per heavy atom. The number of benzene rings is 1. The fourth-order valence-corrected chi connectivity index (χ4v) is 2.18. The normalized spacial score (nSPS) is 12.3. The predicted molar refractivity (Wildman–Crippen MR) is 94.1 cm³/mol. The van der Waals surface area contributed by atoms with Crippen LogP contribution in [0, 0.1) is 6.92 Å². The van der Waals surface area contributed by atoms with Crippen LogP contribution in [0.4, 0.5) is 5.69 Å². The molecule has 1 aromatic carbocycles. The van der Waals surface area contributed by atoms with E-state index in [1.54, 1.807) is 7.11 Å². The van der Waals surface area contributed by atoms with E-state index in [4.69, 9.17) is 29.7 Å². The number of anilines is 1. The summed E-state index contributed by atoms with van der Waals surface area (Å²) in [6.45, 7) is 4.87. The van der Waals surface area contributed by atoms with Crippen LogP contribution < -0.4 is 15.8 Å². The minimum Gasteiger partial charge on any atom is -0.497 e. The van der Waals surface area contributed by atoms with Gasteiger partial charge < -0.3 is 30.5 Å². The SMILES string of the molecule is COc1cc(NC(C)CCN)c2nccc(C)c2c1.O=P(O)(O)O. The molecule has 0 aliphatic carbocycles. The molecular formula is C15H24N3O5P. The topological polar surface area (TPSA) is 138 Å². The second kappa shape index (κ2) is 8.96. The summed E-state index contributed by atoms with van der Waals surface area (Å²) in [4.78, 5) is 26.0. The molecule has 8 nitrogen and oxygen atoms in total. The Balaban J connectivity index is 0.000000505. The van der Waals surface area contributed by atoms with Crippen LogP contribution in [-0.2, 0) is 4.57 Å². The zero-order chi connectivity index (χ0) is 18.3. The highest BCUT2D eigenvalue weighted by Gasteiger charge is 2.10. The third-order valence-electron chi connectivity index (χ3n) is 3.27. The minimum atomic E-state index is -4.64. The lowest BCUT2D eigenvalue weighted by Gasteiger charge is -2.17. The molecule has 0 saturated heterocycles. The van der Waals surface area contributed by atoms with Gasteiger partial charge in [0, 0.05) is 23.7 Å². The number of aromatic nitrogens is 1. The molecule has 0 bridgehead atoms. The Morgan fingerprint density at radius 2 is 2.00 bits per heavy atom. The van der Waals surface area contributed by atoms with Gasteiger partial charge in [0.2, 0.25) is 0 Å². The molecule has 2 rings (SSSR count). The second-order valence-electron chi connectivity index (χ2n) is 5.33. The number of nitrogens with zero attached hydrogens (tertiary/aromatic N) is 1. The van der Waals surface area contributed by atoms with Gasteiger partial charge in [0.1, 0.15) is 5.75 Å². The van der Waals surface area contributed by atoms with Crippen molar-refractivity contribution in [3.05, 3.63) is 30.0 Å². The molecular weight excluding hydrogens is 333 g/mol. The number of hydrogen-bond donors (Lipinski definition) is 5. The Morgan fingerprint density at radius 3 is 2.54 bits per heavy atom. The van der Waals surface area contributed by atoms with Crippen LogP contribution in [0.5, 0.6) is 5.75 Å². The Labute approximate surface area is 140 Å². The first-order chi connectivity index (χ1) is 11.2. The number of aryl methyl sites for hydroxylation is 1. The summed E-state index contributed by atoms with van der Waals surface area (Å²) in [5, 5.41) is 4.58. The predicted octanol–water partition coefficient (Wildman–Crippen LogP) is 1.77. The van der Waals surface area contributed by atoms with Crippen molar-refractivity contribution in [2.24, 2.45) is 5.73 Å². The number of pyridine rings is 1. The lowest BCUT2D eigenvalue weighted by Crippen LogP contribution is -2.19. The Kier molecular flexibility index (Phi) is 7.59. The van der Waals surface area contributed by atoms with Gasteiger partial charge in [0.15, 0.2) is 0 Å². The standard InChI is InChI=1S/C15H21N3O.H3O4P/c1-10-5-7-17-15-13(10)8-12(19-3)9-14(15)18-11(2)4-6-16;1-5(2,3)4/h5,7-9,11,18H,4,6,16H2,1-3H3;(H3,1,2,3,4). The van der Waals surface area contributed by atoms with Crippen LogP contribution in [0.15, 0.2) is 24.4 Å². The highest BCUT2D eigenvalue weighted by molar-refractivity contribution is 7.45. The first-order valence-electron chi connectivity index (χ1n) is 7.34. The van der Waals surface area contributed by atoms with E-state index in [1.165, 1.54) is 5.56 Å². The van der Waals surface area contributed by atoms with Crippen LogP contribution in [-0.4, -0.2) is 39.4 Å². The fraction of sp³-hybridized carbons (Fsp3) is 0.400. The van der Waals surface area contributed by atoms with Crippen molar-refractivity contribution < 1.29 is 24.0 Å². The number of rotatable bonds is 5. The van der Waals surface area contributed by atoms with Gasteiger partial charge in [0.25, 0.3) is 0 Å². The van der Waals surface area contributed by atoms with E-state index in [0.29, 0.717) is 12.6 Å². The molecule has 9 heteroatoms. The van der Waals surface area contributed by atoms with Gasteiger partial charge in [-0.2, -0.15) is 0 Å². The molecule has 1 unspecified atom stereocenters. The molecule has 24 heavy (non-hydrogen) atoms. The van der Waals surface area contributed by atoms with Gasteiger partial charge in [-0.05, 0) is 44.5 Å². The van der Waals surface area contributed by atoms with Gasteiger partial charge in [-0.1, -0.05) is 0 Å². The summed E-state index contributed by atoms with van der Waals surface area (Å²) in [6, 6.07) is 6.33. The molecule has 0 radical (unpaired) electrons. The monoisotopic (exact) mass is 357 g/mol. The van der Waals surface area contributed by atoms with Crippen molar-refractivity contribution in [2.45, 2.75) is 26.3 Å². The van der Waals surface area contributed by atoms with Crippen LogP contribution in [0.3, 0.4) is 0 Å². The maximum Gasteiger partial charge on any atom is 0.466 e. The zero-order valence-corrected chi connectivity index (χ0v) is 14.8. The highest BCUT2D eigenvalue weighted by Crippen LogP contribution is 2.30. The molecule has 0 saturated carbocycles. The van der Waals surface area contributed by atoms with E-state index < -0.39 is 7.82 Å². The van der Waals surface area contributed by atoms with Crippen LogP contribution >= 0.6 is 7.82 Å². The number of nitrogens with one attached hydrogen (secondary N) is 1. The lowest BCUT2D eigenvalue weighted by atomic mass is 10.1. The van der Waals surface area contributed by atoms with Crippen LogP contribution in [0.2, 0.25) is 0 Å². The van der Waals surface area contributed by atoms with Gasteiger partial charge >= 0.3 is 7.82 Å². The second-order valence-corrected chi connectivity index (χ2v) is 6.36. The molecule has 0 aliphatic heterocycles. The summed E-state index contributed by atoms with van der Waals surface area (Å²) in [7, 11) is -2.96. The van der Waals surface area contributed by atoms with Gasteiger partial charge in [-0.3, -0.25) is 4.98 Å². The van der Waals surface area contributed by atoms with Crippen molar-refractivity contribution in [3.8, 4) is 5.75 Å². The number of fused-ring (bicyclic) bond motifs is 1. The summed E-state index contributed by atoms with van der Waals surface area (Å²) in [5.74, 6) is 0.839. The third kappa shape index (κ3) is 6.82. The first kappa shape index (κ1) is 20.3.